The van der Waals surface area contributed by atoms with Gasteiger partial charge in [-0.2, -0.15) is 11.8 Å². The van der Waals surface area contributed by atoms with E-state index in [2.05, 4.69) is 6.92 Å². The average molecular weight is 272 g/mol. The molecule has 1 aromatic carbocycles. The minimum Gasteiger partial charge on any atom is -0.224 e. The Morgan fingerprint density at radius 1 is 1.06 bits per heavy atom. The van der Waals surface area contributed by atoms with Crippen molar-refractivity contribution in [2.75, 3.05) is 17.3 Å². The van der Waals surface area contributed by atoms with Crippen LogP contribution in [0, 0.1) is 0 Å². The highest BCUT2D eigenvalue weighted by molar-refractivity contribution is 8.00. The summed E-state index contributed by atoms with van der Waals surface area (Å²) in [7, 11) is -3.07. The fourth-order valence-electron chi connectivity index (χ4n) is 1.47. The quantitative estimate of drug-likeness (QED) is 0.680. The van der Waals surface area contributed by atoms with Gasteiger partial charge in [-0.15, -0.1) is 0 Å². The number of benzene rings is 1. The van der Waals surface area contributed by atoms with Gasteiger partial charge in [0.25, 0.3) is 0 Å². The van der Waals surface area contributed by atoms with Gasteiger partial charge >= 0.3 is 0 Å². The molecule has 0 saturated heterocycles. The fraction of sp³-hybridized carbons (Fsp3) is 0.538. The molecule has 0 fully saturated rings. The molecule has 1 rings (SSSR count). The SMILES string of the molecule is CCCCCSCCS(=O)(=O)c1ccccc1. The summed E-state index contributed by atoms with van der Waals surface area (Å²) in [4.78, 5) is 0.439. The molecule has 0 aromatic heterocycles. The van der Waals surface area contributed by atoms with Crippen molar-refractivity contribution in [1.82, 2.24) is 0 Å². The molecule has 0 unspecified atom stereocenters. The smallest absolute Gasteiger partial charge is 0.179 e. The zero-order chi connectivity index (χ0) is 12.6. The molecular formula is C13H20O2S2. The Balaban J connectivity index is 2.31. The van der Waals surface area contributed by atoms with Crippen LogP contribution < -0.4 is 0 Å². The molecule has 0 atom stereocenters. The third-order valence-corrected chi connectivity index (χ3v) is 5.55. The third kappa shape index (κ3) is 5.59. The summed E-state index contributed by atoms with van der Waals surface area (Å²) in [6.07, 6.45) is 3.63. The molecule has 0 N–H and O–H groups in total. The second kappa shape index (κ2) is 7.77. The number of unbranched alkanes of at least 4 members (excludes halogenated alkanes) is 2. The van der Waals surface area contributed by atoms with E-state index in [9.17, 15) is 8.42 Å². The van der Waals surface area contributed by atoms with Crippen LogP contribution in [0.2, 0.25) is 0 Å². The van der Waals surface area contributed by atoms with E-state index < -0.39 is 9.84 Å². The van der Waals surface area contributed by atoms with E-state index in [1.165, 1.54) is 19.3 Å². The maximum Gasteiger partial charge on any atom is 0.179 e. The van der Waals surface area contributed by atoms with Gasteiger partial charge in [-0.25, -0.2) is 8.42 Å². The van der Waals surface area contributed by atoms with Crippen LogP contribution in [0.5, 0.6) is 0 Å². The summed E-state index contributed by atoms with van der Waals surface area (Å²) in [6.45, 7) is 2.17. The second-order valence-electron chi connectivity index (χ2n) is 3.95. The van der Waals surface area contributed by atoms with E-state index in [1.54, 1.807) is 36.0 Å². The molecule has 17 heavy (non-hydrogen) atoms. The van der Waals surface area contributed by atoms with E-state index in [1.807, 2.05) is 6.07 Å². The van der Waals surface area contributed by atoms with Crippen molar-refractivity contribution < 1.29 is 8.42 Å². The van der Waals surface area contributed by atoms with Crippen molar-refractivity contribution in [3.8, 4) is 0 Å². The standard InChI is InChI=1S/C13H20O2S2/c1-2-3-7-10-16-11-12-17(14,15)13-8-5-4-6-9-13/h4-6,8-9H,2-3,7,10-12H2,1H3. The van der Waals surface area contributed by atoms with Gasteiger partial charge in [0.05, 0.1) is 10.6 Å². The number of hydrogen-bond donors (Lipinski definition) is 0. The van der Waals surface area contributed by atoms with Crippen LogP contribution >= 0.6 is 11.8 Å². The minimum absolute atomic E-state index is 0.244. The summed E-state index contributed by atoms with van der Waals surface area (Å²) in [5.74, 6) is 2.01. The molecule has 0 heterocycles. The Bertz CT molecular complexity index is 399. The van der Waals surface area contributed by atoms with Crippen molar-refractivity contribution >= 4 is 21.6 Å². The van der Waals surface area contributed by atoms with Gasteiger partial charge in [0.1, 0.15) is 0 Å². The largest absolute Gasteiger partial charge is 0.224 e. The molecule has 0 aliphatic rings. The predicted molar refractivity (Wildman–Crippen MR) is 75.3 cm³/mol. The van der Waals surface area contributed by atoms with Crippen LogP contribution in [0.15, 0.2) is 35.2 Å². The van der Waals surface area contributed by atoms with Gasteiger partial charge < -0.3 is 0 Å². The lowest BCUT2D eigenvalue weighted by Crippen LogP contribution is -2.08. The zero-order valence-electron chi connectivity index (χ0n) is 10.3. The molecule has 0 aliphatic carbocycles. The van der Waals surface area contributed by atoms with Crippen molar-refractivity contribution in [2.24, 2.45) is 0 Å². The van der Waals surface area contributed by atoms with Gasteiger partial charge in [-0.3, -0.25) is 0 Å². The Morgan fingerprint density at radius 2 is 1.76 bits per heavy atom. The second-order valence-corrected chi connectivity index (χ2v) is 7.29. The highest BCUT2D eigenvalue weighted by atomic mass is 32.2. The number of thioether (sulfide) groups is 1. The summed E-state index contributed by atoms with van der Waals surface area (Å²) in [5, 5.41) is 0. The zero-order valence-corrected chi connectivity index (χ0v) is 11.9. The van der Waals surface area contributed by atoms with Crippen LogP contribution in [0.3, 0.4) is 0 Å². The van der Waals surface area contributed by atoms with E-state index in [0.717, 1.165) is 5.75 Å². The molecule has 2 nitrogen and oxygen atoms in total. The minimum atomic E-state index is -3.07. The Morgan fingerprint density at radius 3 is 2.41 bits per heavy atom. The van der Waals surface area contributed by atoms with Crippen molar-refractivity contribution in [2.45, 2.75) is 31.1 Å². The molecule has 0 aliphatic heterocycles. The first-order chi connectivity index (χ1) is 8.17. The lowest BCUT2D eigenvalue weighted by molar-refractivity contribution is 0.597. The fourth-order valence-corrected chi connectivity index (χ4v) is 4.24. The third-order valence-electron chi connectivity index (χ3n) is 2.49. The van der Waals surface area contributed by atoms with Crippen molar-refractivity contribution in [3.63, 3.8) is 0 Å². The van der Waals surface area contributed by atoms with Crippen LogP contribution in [0.1, 0.15) is 26.2 Å². The van der Waals surface area contributed by atoms with Gasteiger partial charge in [-0.05, 0) is 24.3 Å². The summed E-state index contributed by atoms with van der Waals surface area (Å²) in [5.41, 5.74) is 0. The van der Waals surface area contributed by atoms with E-state index >= 15 is 0 Å². The maximum absolute atomic E-state index is 11.9. The Hall–Kier alpha value is -0.480. The topological polar surface area (TPSA) is 34.1 Å². The van der Waals surface area contributed by atoms with Crippen molar-refractivity contribution in [1.29, 1.82) is 0 Å². The van der Waals surface area contributed by atoms with Gasteiger partial charge in [0.2, 0.25) is 0 Å². The summed E-state index contributed by atoms with van der Waals surface area (Å²) >= 11 is 1.74. The van der Waals surface area contributed by atoms with Gasteiger partial charge in [-0.1, -0.05) is 38.0 Å². The monoisotopic (exact) mass is 272 g/mol. The number of hydrogen-bond acceptors (Lipinski definition) is 3. The molecular weight excluding hydrogens is 252 g/mol. The van der Waals surface area contributed by atoms with E-state index in [-0.39, 0.29) is 5.75 Å². The van der Waals surface area contributed by atoms with Crippen LogP contribution in [-0.2, 0) is 9.84 Å². The van der Waals surface area contributed by atoms with Crippen LogP contribution in [0.25, 0.3) is 0 Å². The Kier molecular flexibility index (Phi) is 6.66. The van der Waals surface area contributed by atoms with Crippen LogP contribution in [0.4, 0.5) is 0 Å². The van der Waals surface area contributed by atoms with Crippen LogP contribution in [-0.4, -0.2) is 25.7 Å². The molecule has 0 amide bonds. The highest BCUT2D eigenvalue weighted by Gasteiger charge is 2.12. The lowest BCUT2D eigenvalue weighted by atomic mass is 10.3. The Labute approximate surface area is 109 Å². The molecule has 0 bridgehead atoms. The summed E-state index contributed by atoms with van der Waals surface area (Å²) < 4.78 is 23.8. The first-order valence-corrected chi connectivity index (χ1v) is 8.83. The first kappa shape index (κ1) is 14.6. The highest BCUT2D eigenvalue weighted by Crippen LogP contribution is 2.13. The average Bonchev–Trinajstić information content (AvgIpc) is 2.35. The van der Waals surface area contributed by atoms with Gasteiger partial charge in [0.15, 0.2) is 9.84 Å². The molecule has 0 radical (unpaired) electrons. The predicted octanol–water partition coefficient (Wildman–Crippen LogP) is 3.38. The molecule has 4 heteroatoms. The molecule has 0 saturated carbocycles. The maximum atomic E-state index is 11.9. The number of sulfone groups is 1. The molecule has 0 spiro atoms. The molecule has 1 aromatic rings. The lowest BCUT2D eigenvalue weighted by Gasteiger charge is -2.04. The summed E-state index contributed by atoms with van der Waals surface area (Å²) in [6, 6.07) is 8.69. The van der Waals surface area contributed by atoms with Gasteiger partial charge in [0, 0.05) is 5.75 Å². The number of rotatable bonds is 8. The first-order valence-electron chi connectivity index (χ1n) is 6.02. The van der Waals surface area contributed by atoms with E-state index in [4.69, 9.17) is 0 Å². The van der Waals surface area contributed by atoms with E-state index in [0.29, 0.717) is 10.6 Å². The normalized spacial score (nSPS) is 11.6. The molecule has 96 valence electrons. The van der Waals surface area contributed by atoms with Crippen molar-refractivity contribution in [3.05, 3.63) is 30.3 Å².